The summed E-state index contributed by atoms with van der Waals surface area (Å²) in [6.07, 6.45) is 0.650. The number of amides is 2. The van der Waals surface area contributed by atoms with E-state index in [1.807, 2.05) is 18.7 Å². The molecule has 1 aliphatic rings. The zero-order chi connectivity index (χ0) is 19.3. The molecule has 1 aromatic carbocycles. The SMILES string of the molecule is COC(=O)CCC(=O)N1CCN(C(=O)Cc2c(C)cc(C)cc2C)CC1. The van der Waals surface area contributed by atoms with Gasteiger partial charge in [-0.25, -0.2) is 0 Å². The van der Waals surface area contributed by atoms with Crippen LogP contribution in [-0.4, -0.2) is 60.9 Å². The van der Waals surface area contributed by atoms with Crippen LogP contribution in [0.15, 0.2) is 12.1 Å². The van der Waals surface area contributed by atoms with Gasteiger partial charge in [0.1, 0.15) is 0 Å². The first-order chi connectivity index (χ1) is 12.3. The number of rotatable bonds is 5. The molecule has 1 saturated heterocycles. The maximum Gasteiger partial charge on any atom is 0.306 e. The highest BCUT2D eigenvalue weighted by Crippen LogP contribution is 2.18. The molecule has 0 aromatic heterocycles. The van der Waals surface area contributed by atoms with E-state index in [-0.39, 0.29) is 30.6 Å². The van der Waals surface area contributed by atoms with E-state index in [1.54, 1.807) is 4.90 Å². The number of methoxy groups -OCH3 is 1. The van der Waals surface area contributed by atoms with Gasteiger partial charge in [-0.3, -0.25) is 14.4 Å². The van der Waals surface area contributed by atoms with Crippen molar-refractivity contribution in [2.45, 2.75) is 40.0 Å². The van der Waals surface area contributed by atoms with Crippen LogP contribution in [0.4, 0.5) is 0 Å². The molecule has 2 amide bonds. The van der Waals surface area contributed by atoms with Gasteiger partial charge >= 0.3 is 5.97 Å². The molecule has 6 nitrogen and oxygen atoms in total. The summed E-state index contributed by atoms with van der Waals surface area (Å²) in [6.45, 7) is 8.23. The molecule has 0 radical (unpaired) electrons. The van der Waals surface area contributed by atoms with Gasteiger partial charge in [0.25, 0.3) is 0 Å². The summed E-state index contributed by atoms with van der Waals surface area (Å²) in [4.78, 5) is 39.5. The molecule has 1 heterocycles. The maximum atomic E-state index is 12.6. The lowest BCUT2D eigenvalue weighted by molar-refractivity contribution is -0.144. The minimum atomic E-state index is -0.379. The standard InChI is InChI=1S/C20H28N2O4/c1-14-11-15(2)17(16(3)12-14)13-19(24)22-9-7-21(8-10-22)18(23)5-6-20(25)26-4/h11-12H,5-10,13H2,1-4H3. The second kappa shape index (κ2) is 8.83. The zero-order valence-corrected chi connectivity index (χ0v) is 16.1. The van der Waals surface area contributed by atoms with E-state index in [4.69, 9.17) is 0 Å². The first-order valence-corrected chi connectivity index (χ1v) is 9.01. The van der Waals surface area contributed by atoms with E-state index < -0.39 is 0 Å². The van der Waals surface area contributed by atoms with Crippen molar-refractivity contribution in [1.29, 1.82) is 0 Å². The third kappa shape index (κ3) is 5.07. The van der Waals surface area contributed by atoms with Crippen LogP contribution >= 0.6 is 0 Å². The fraction of sp³-hybridized carbons (Fsp3) is 0.550. The Kier molecular flexibility index (Phi) is 6.77. The first kappa shape index (κ1) is 19.9. The van der Waals surface area contributed by atoms with E-state index in [1.165, 1.54) is 12.7 Å². The van der Waals surface area contributed by atoms with E-state index >= 15 is 0 Å². The largest absolute Gasteiger partial charge is 0.469 e. The fourth-order valence-electron chi connectivity index (χ4n) is 3.43. The van der Waals surface area contributed by atoms with Crippen molar-refractivity contribution in [3.8, 4) is 0 Å². The highest BCUT2D eigenvalue weighted by Gasteiger charge is 2.25. The number of carbonyl (C=O) groups is 3. The van der Waals surface area contributed by atoms with Crippen molar-refractivity contribution in [2.24, 2.45) is 0 Å². The third-order valence-electron chi connectivity index (χ3n) is 4.92. The number of aryl methyl sites for hydroxylation is 3. The minimum Gasteiger partial charge on any atom is -0.469 e. The van der Waals surface area contributed by atoms with Gasteiger partial charge in [0, 0.05) is 32.6 Å². The van der Waals surface area contributed by atoms with Gasteiger partial charge in [0.2, 0.25) is 11.8 Å². The number of hydrogen-bond donors (Lipinski definition) is 0. The van der Waals surface area contributed by atoms with Crippen molar-refractivity contribution in [3.63, 3.8) is 0 Å². The van der Waals surface area contributed by atoms with Crippen LogP contribution in [0.5, 0.6) is 0 Å². The third-order valence-corrected chi connectivity index (χ3v) is 4.92. The average molecular weight is 360 g/mol. The van der Waals surface area contributed by atoms with Crippen molar-refractivity contribution in [3.05, 3.63) is 34.4 Å². The predicted octanol–water partition coefficient (Wildman–Crippen LogP) is 1.78. The summed E-state index contributed by atoms with van der Waals surface area (Å²) in [7, 11) is 1.31. The van der Waals surface area contributed by atoms with Crippen molar-refractivity contribution >= 4 is 17.8 Å². The summed E-state index contributed by atoms with van der Waals surface area (Å²) in [5.41, 5.74) is 4.59. The normalized spacial score (nSPS) is 14.3. The molecule has 0 spiro atoms. The lowest BCUT2D eigenvalue weighted by Crippen LogP contribution is -2.51. The molecule has 0 unspecified atom stereocenters. The molecule has 0 N–H and O–H groups in total. The quantitative estimate of drug-likeness (QED) is 0.751. The molecule has 1 aromatic rings. The molecule has 6 heteroatoms. The Morgan fingerprint density at radius 2 is 1.38 bits per heavy atom. The summed E-state index contributed by atoms with van der Waals surface area (Å²) in [5, 5.41) is 0. The maximum absolute atomic E-state index is 12.6. The smallest absolute Gasteiger partial charge is 0.306 e. The number of ether oxygens (including phenoxy) is 1. The van der Waals surface area contributed by atoms with Gasteiger partial charge in [-0.05, 0) is 37.5 Å². The van der Waals surface area contributed by atoms with Gasteiger partial charge in [0.05, 0.1) is 20.0 Å². The van der Waals surface area contributed by atoms with Crippen LogP contribution in [0.2, 0.25) is 0 Å². The molecule has 0 atom stereocenters. The van der Waals surface area contributed by atoms with Crippen molar-refractivity contribution < 1.29 is 19.1 Å². The molecular weight excluding hydrogens is 332 g/mol. The summed E-state index contributed by atoms with van der Waals surface area (Å²) < 4.78 is 4.56. The molecule has 1 fully saturated rings. The summed E-state index contributed by atoms with van der Waals surface area (Å²) in [5.74, 6) is -0.342. The fourth-order valence-corrected chi connectivity index (χ4v) is 3.43. The number of carbonyl (C=O) groups excluding carboxylic acids is 3. The van der Waals surface area contributed by atoms with Crippen molar-refractivity contribution in [2.75, 3.05) is 33.3 Å². The zero-order valence-electron chi connectivity index (χ0n) is 16.1. The molecule has 0 saturated carbocycles. The second-order valence-corrected chi connectivity index (χ2v) is 6.89. The lowest BCUT2D eigenvalue weighted by Gasteiger charge is -2.35. The Morgan fingerprint density at radius 3 is 1.88 bits per heavy atom. The Hall–Kier alpha value is -2.37. The van der Waals surface area contributed by atoms with Crippen LogP contribution in [0.3, 0.4) is 0 Å². The van der Waals surface area contributed by atoms with Crippen LogP contribution in [-0.2, 0) is 25.5 Å². The van der Waals surface area contributed by atoms with Crippen LogP contribution in [0, 0.1) is 20.8 Å². The number of piperazine rings is 1. The minimum absolute atomic E-state index is 0.0623. The van der Waals surface area contributed by atoms with Gasteiger partial charge in [-0.1, -0.05) is 17.7 Å². The van der Waals surface area contributed by atoms with Gasteiger partial charge in [-0.2, -0.15) is 0 Å². The highest BCUT2D eigenvalue weighted by atomic mass is 16.5. The lowest BCUT2D eigenvalue weighted by atomic mass is 9.97. The molecule has 2 rings (SSSR count). The first-order valence-electron chi connectivity index (χ1n) is 9.01. The molecule has 1 aliphatic heterocycles. The average Bonchev–Trinajstić information content (AvgIpc) is 2.62. The number of esters is 1. The number of nitrogens with zero attached hydrogens (tertiary/aromatic N) is 2. The van der Waals surface area contributed by atoms with E-state index in [0.717, 1.165) is 16.7 Å². The van der Waals surface area contributed by atoms with Gasteiger partial charge in [-0.15, -0.1) is 0 Å². The second-order valence-electron chi connectivity index (χ2n) is 6.89. The molecular formula is C20H28N2O4. The molecule has 0 aliphatic carbocycles. The number of hydrogen-bond acceptors (Lipinski definition) is 4. The Morgan fingerprint density at radius 1 is 0.885 bits per heavy atom. The molecule has 26 heavy (non-hydrogen) atoms. The predicted molar refractivity (Wildman–Crippen MR) is 98.8 cm³/mol. The summed E-state index contributed by atoms with van der Waals surface area (Å²) >= 11 is 0. The van der Waals surface area contributed by atoms with Gasteiger partial charge < -0.3 is 14.5 Å². The van der Waals surface area contributed by atoms with E-state index in [9.17, 15) is 14.4 Å². The van der Waals surface area contributed by atoms with Crippen molar-refractivity contribution in [1.82, 2.24) is 9.80 Å². The van der Waals surface area contributed by atoms with Crippen LogP contribution in [0.25, 0.3) is 0 Å². The molecule has 0 bridgehead atoms. The molecule has 142 valence electrons. The van der Waals surface area contributed by atoms with Crippen LogP contribution in [0.1, 0.15) is 35.1 Å². The highest BCUT2D eigenvalue weighted by molar-refractivity contribution is 5.82. The Labute approximate surface area is 155 Å². The van der Waals surface area contributed by atoms with Crippen LogP contribution < -0.4 is 0 Å². The summed E-state index contributed by atoms with van der Waals surface area (Å²) in [6, 6.07) is 4.21. The number of benzene rings is 1. The monoisotopic (exact) mass is 360 g/mol. The Bertz CT molecular complexity index is 668. The van der Waals surface area contributed by atoms with E-state index in [0.29, 0.717) is 32.6 Å². The van der Waals surface area contributed by atoms with Gasteiger partial charge in [0.15, 0.2) is 0 Å². The Balaban J connectivity index is 1.87. The van der Waals surface area contributed by atoms with E-state index in [2.05, 4.69) is 23.8 Å². The topological polar surface area (TPSA) is 66.9 Å².